The Morgan fingerprint density at radius 1 is 1.06 bits per heavy atom. The van der Waals surface area contributed by atoms with E-state index in [-0.39, 0.29) is 18.4 Å². The molecule has 164 valence electrons. The minimum absolute atomic E-state index is 0.182. The highest BCUT2D eigenvalue weighted by molar-refractivity contribution is 6.32. The summed E-state index contributed by atoms with van der Waals surface area (Å²) in [6.07, 6.45) is 1.46. The predicted molar refractivity (Wildman–Crippen MR) is 125 cm³/mol. The SMILES string of the molecule is COc1cccc(C(=O)N/N=C/c2ccc(OCC(=O)Nc3ccccc3C)c(Cl)c2)c1. The number of methoxy groups -OCH3 is 1. The van der Waals surface area contributed by atoms with Gasteiger partial charge in [0.15, 0.2) is 6.61 Å². The van der Waals surface area contributed by atoms with E-state index in [1.807, 2.05) is 31.2 Å². The lowest BCUT2D eigenvalue weighted by Gasteiger charge is -2.10. The van der Waals surface area contributed by atoms with Crippen molar-refractivity contribution in [3.63, 3.8) is 0 Å². The van der Waals surface area contributed by atoms with Gasteiger partial charge in [-0.1, -0.05) is 35.9 Å². The summed E-state index contributed by atoms with van der Waals surface area (Å²) >= 11 is 6.25. The molecule has 0 unspecified atom stereocenters. The summed E-state index contributed by atoms with van der Waals surface area (Å²) in [7, 11) is 1.53. The molecule has 2 N–H and O–H groups in total. The van der Waals surface area contributed by atoms with Crippen molar-refractivity contribution in [1.82, 2.24) is 5.43 Å². The molecule has 0 saturated heterocycles. The van der Waals surface area contributed by atoms with E-state index < -0.39 is 0 Å². The predicted octanol–water partition coefficient (Wildman–Crippen LogP) is 4.44. The zero-order valence-corrected chi connectivity index (χ0v) is 18.3. The van der Waals surface area contributed by atoms with Crippen molar-refractivity contribution in [2.24, 2.45) is 5.10 Å². The molecule has 0 radical (unpaired) electrons. The number of hydrogen-bond donors (Lipinski definition) is 2. The first-order valence-corrected chi connectivity index (χ1v) is 10.1. The van der Waals surface area contributed by atoms with E-state index in [1.54, 1.807) is 42.5 Å². The van der Waals surface area contributed by atoms with Crippen LogP contribution in [0.4, 0.5) is 5.69 Å². The lowest BCUT2D eigenvalue weighted by Crippen LogP contribution is -2.20. The van der Waals surface area contributed by atoms with E-state index in [4.69, 9.17) is 21.1 Å². The highest BCUT2D eigenvalue weighted by Gasteiger charge is 2.09. The second-order valence-electron chi connectivity index (χ2n) is 6.77. The molecule has 7 nitrogen and oxygen atoms in total. The molecule has 0 aliphatic rings. The maximum Gasteiger partial charge on any atom is 0.271 e. The van der Waals surface area contributed by atoms with Crippen LogP contribution in [0, 0.1) is 6.92 Å². The Bertz CT molecular complexity index is 1150. The lowest BCUT2D eigenvalue weighted by molar-refractivity contribution is -0.118. The molecular formula is C24H22ClN3O4. The fourth-order valence-electron chi connectivity index (χ4n) is 2.75. The van der Waals surface area contributed by atoms with Crippen LogP contribution in [0.25, 0.3) is 0 Å². The van der Waals surface area contributed by atoms with Gasteiger partial charge in [0.2, 0.25) is 0 Å². The first-order chi connectivity index (χ1) is 15.5. The van der Waals surface area contributed by atoms with Gasteiger partial charge in [0.25, 0.3) is 11.8 Å². The standard InChI is InChI=1S/C24H22ClN3O4/c1-16-6-3-4-9-21(16)27-23(29)15-32-22-11-10-17(12-20(22)25)14-26-28-24(30)18-7-5-8-19(13-18)31-2/h3-14H,15H2,1-2H3,(H,27,29)(H,28,30)/b26-14+. The molecule has 0 fully saturated rings. The number of para-hydroxylation sites is 1. The van der Waals surface area contributed by atoms with Crippen molar-refractivity contribution in [3.05, 3.63) is 88.4 Å². The van der Waals surface area contributed by atoms with Crippen LogP contribution in [0.15, 0.2) is 71.8 Å². The second-order valence-corrected chi connectivity index (χ2v) is 7.18. The Balaban J connectivity index is 1.53. The van der Waals surface area contributed by atoms with Gasteiger partial charge in [-0.25, -0.2) is 5.43 Å². The number of nitrogens with one attached hydrogen (secondary N) is 2. The van der Waals surface area contributed by atoms with Gasteiger partial charge in [-0.05, 0) is 60.5 Å². The number of carbonyl (C=O) groups excluding carboxylic acids is 2. The topological polar surface area (TPSA) is 89.0 Å². The maximum absolute atomic E-state index is 12.2. The van der Waals surface area contributed by atoms with Gasteiger partial charge in [-0.3, -0.25) is 9.59 Å². The van der Waals surface area contributed by atoms with Crippen LogP contribution in [-0.2, 0) is 4.79 Å². The number of rotatable bonds is 8. The normalized spacial score (nSPS) is 10.6. The molecule has 0 aliphatic carbocycles. The summed E-state index contributed by atoms with van der Waals surface area (Å²) in [5, 5.41) is 7.06. The van der Waals surface area contributed by atoms with Crippen LogP contribution in [0.2, 0.25) is 5.02 Å². The molecule has 0 aliphatic heterocycles. The van der Waals surface area contributed by atoms with E-state index in [0.717, 1.165) is 11.3 Å². The Kier molecular flexibility index (Phi) is 7.83. The Hall–Kier alpha value is -3.84. The van der Waals surface area contributed by atoms with Crippen molar-refractivity contribution in [2.45, 2.75) is 6.92 Å². The minimum atomic E-state index is -0.370. The Morgan fingerprint density at radius 2 is 1.88 bits per heavy atom. The molecular weight excluding hydrogens is 430 g/mol. The lowest BCUT2D eigenvalue weighted by atomic mass is 10.2. The molecule has 3 aromatic carbocycles. The number of benzene rings is 3. The summed E-state index contributed by atoms with van der Waals surface area (Å²) in [6.45, 7) is 1.73. The van der Waals surface area contributed by atoms with Gasteiger partial charge in [0, 0.05) is 11.3 Å². The Labute approximate surface area is 191 Å². The smallest absolute Gasteiger partial charge is 0.271 e. The van der Waals surface area contributed by atoms with Crippen LogP contribution < -0.4 is 20.2 Å². The molecule has 32 heavy (non-hydrogen) atoms. The van der Waals surface area contributed by atoms with Crippen molar-refractivity contribution in [2.75, 3.05) is 19.0 Å². The number of aryl methyl sites for hydroxylation is 1. The summed E-state index contributed by atoms with van der Waals surface area (Å²) in [4.78, 5) is 24.3. The molecule has 3 rings (SSSR count). The fraction of sp³-hybridized carbons (Fsp3) is 0.125. The molecule has 0 heterocycles. The van der Waals surface area contributed by atoms with Gasteiger partial charge in [0.05, 0.1) is 18.3 Å². The molecule has 8 heteroatoms. The third-order valence-electron chi connectivity index (χ3n) is 4.45. The number of nitrogens with zero attached hydrogens (tertiary/aromatic N) is 1. The minimum Gasteiger partial charge on any atom is -0.497 e. The Morgan fingerprint density at radius 3 is 2.62 bits per heavy atom. The van der Waals surface area contributed by atoms with Gasteiger partial charge in [0.1, 0.15) is 11.5 Å². The number of halogens is 1. The first-order valence-electron chi connectivity index (χ1n) is 9.71. The third-order valence-corrected chi connectivity index (χ3v) is 4.74. The average Bonchev–Trinajstić information content (AvgIpc) is 2.80. The van der Waals surface area contributed by atoms with E-state index >= 15 is 0 Å². The monoisotopic (exact) mass is 451 g/mol. The van der Waals surface area contributed by atoms with E-state index in [1.165, 1.54) is 13.3 Å². The highest BCUT2D eigenvalue weighted by Crippen LogP contribution is 2.25. The number of hydrazone groups is 1. The third kappa shape index (κ3) is 6.33. The van der Waals surface area contributed by atoms with Crippen molar-refractivity contribution in [3.8, 4) is 11.5 Å². The van der Waals surface area contributed by atoms with Crippen LogP contribution in [0.3, 0.4) is 0 Å². The van der Waals surface area contributed by atoms with E-state index in [0.29, 0.717) is 27.6 Å². The number of ether oxygens (including phenoxy) is 2. The maximum atomic E-state index is 12.2. The quantitative estimate of drug-likeness (QED) is 0.391. The number of hydrogen-bond acceptors (Lipinski definition) is 5. The van der Waals surface area contributed by atoms with Crippen LogP contribution in [0.1, 0.15) is 21.5 Å². The first kappa shape index (κ1) is 22.8. The molecule has 0 aromatic heterocycles. The average molecular weight is 452 g/mol. The summed E-state index contributed by atoms with van der Waals surface area (Å²) in [5.74, 6) is 0.285. The molecule has 0 saturated carbocycles. The number of amides is 2. The van der Waals surface area contributed by atoms with Gasteiger partial charge < -0.3 is 14.8 Å². The molecule has 0 bridgehead atoms. The summed E-state index contributed by atoms with van der Waals surface area (Å²) < 4.78 is 10.6. The van der Waals surface area contributed by atoms with Crippen molar-refractivity contribution >= 4 is 35.3 Å². The van der Waals surface area contributed by atoms with Crippen molar-refractivity contribution < 1.29 is 19.1 Å². The van der Waals surface area contributed by atoms with Crippen LogP contribution >= 0.6 is 11.6 Å². The van der Waals surface area contributed by atoms with Gasteiger partial charge in [-0.15, -0.1) is 0 Å². The zero-order valence-electron chi connectivity index (χ0n) is 17.6. The fourth-order valence-corrected chi connectivity index (χ4v) is 3.00. The van der Waals surface area contributed by atoms with Crippen molar-refractivity contribution in [1.29, 1.82) is 0 Å². The molecule has 0 atom stereocenters. The number of anilines is 1. The zero-order chi connectivity index (χ0) is 22.9. The number of carbonyl (C=O) groups is 2. The molecule has 2 amide bonds. The second kappa shape index (κ2) is 11.0. The largest absolute Gasteiger partial charge is 0.497 e. The van der Waals surface area contributed by atoms with Crippen LogP contribution in [0.5, 0.6) is 11.5 Å². The van der Waals surface area contributed by atoms with E-state index in [9.17, 15) is 9.59 Å². The summed E-state index contributed by atoms with van der Waals surface area (Å²) in [5.41, 5.74) is 5.21. The van der Waals surface area contributed by atoms with Gasteiger partial charge >= 0.3 is 0 Å². The molecule has 0 spiro atoms. The summed E-state index contributed by atoms with van der Waals surface area (Å²) in [6, 6.07) is 19.2. The van der Waals surface area contributed by atoms with Gasteiger partial charge in [-0.2, -0.15) is 5.10 Å². The van der Waals surface area contributed by atoms with Crippen LogP contribution in [-0.4, -0.2) is 31.7 Å². The molecule has 3 aromatic rings. The highest BCUT2D eigenvalue weighted by atomic mass is 35.5. The van der Waals surface area contributed by atoms with E-state index in [2.05, 4.69) is 15.8 Å².